The zero-order valence-electron chi connectivity index (χ0n) is 10.5. The summed E-state index contributed by atoms with van der Waals surface area (Å²) in [5.74, 6) is 0. The number of H-pyrrole nitrogens is 1. The second-order valence-electron chi connectivity index (χ2n) is 3.72. The number of benzene rings is 1. The van der Waals surface area contributed by atoms with Crippen molar-refractivity contribution in [1.29, 1.82) is 0 Å². The highest BCUT2D eigenvalue weighted by Gasteiger charge is 2.15. The van der Waals surface area contributed by atoms with Crippen molar-refractivity contribution < 1.29 is 17.9 Å². The molecule has 0 unspecified atom stereocenters. The molecule has 0 atom stereocenters. The van der Waals surface area contributed by atoms with Crippen LogP contribution in [-0.4, -0.2) is 31.6 Å². The van der Waals surface area contributed by atoms with Crippen molar-refractivity contribution in [3.8, 4) is 0 Å². The SMILES string of the molecule is COC(=O)Nc1ccc(NS(=O)(=O)c2cnc[nH]2)cc1. The highest BCUT2D eigenvalue weighted by atomic mass is 32.2. The van der Waals surface area contributed by atoms with E-state index in [0.717, 1.165) is 0 Å². The molecule has 1 aromatic carbocycles. The largest absolute Gasteiger partial charge is 0.453 e. The molecule has 8 nitrogen and oxygen atoms in total. The molecule has 0 aliphatic rings. The van der Waals surface area contributed by atoms with Crippen LogP contribution in [-0.2, 0) is 14.8 Å². The Morgan fingerprint density at radius 1 is 1.25 bits per heavy atom. The molecule has 0 bridgehead atoms. The van der Waals surface area contributed by atoms with Crippen molar-refractivity contribution in [2.24, 2.45) is 0 Å². The van der Waals surface area contributed by atoms with Gasteiger partial charge in [-0.15, -0.1) is 0 Å². The highest BCUT2D eigenvalue weighted by Crippen LogP contribution is 2.17. The summed E-state index contributed by atoms with van der Waals surface area (Å²) in [4.78, 5) is 17.2. The Bertz CT molecular complexity index is 680. The second kappa shape index (κ2) is 5.61. The van der Waals surface area contributed by atoms with E-state index < -0.39 is 16.1 Å². The molecule has 0 fully saturated rings. The summed E-state index contributed by atoms with van der Waals surface area (Å²) < 4.78 is 30.6. The summed E-state index contributed by atoms with van der Waals surface area (Å²) in [6.07, 6.45) is 1.88. The van der Waals surface area contributed by atoms with Gasteiger partial charge in [0.2, 0.25) is 0 Å². The smallest absolute Gasteiger partial charge is 0.411 e. The quantitative estimate of drug-likeness (QED) is 0.789. The summed E-state index contributed by atoms with van der Waals surface area (Å²) in [7, 11) is -2.44. The summed E-state index contributed by atoms with van der Waals surface area (Å²) >= 11 is 0. The number of hydrogen-bond acceptors (Lipinski definition) is 5. The molecular formula is C11H12N4O4S. The topological polar surface area (TPSA) is 113 Å². The first-order valence-corrected chi connectivity index (χ1v) is 6.96. The maximum Gasteiger partial charge on any atom is 0.411 e. The number of hydrogen-bond donors (Lipinski definition) is 3. The number of amides is 1. The van der Waals surface area contributed by atoms with Crippen LogP contribution in [0.1, 0.15) is 0 Å². The van der Waals surface area contributed by atoms with Gasteiger partial charge in [0.05, 0.1) is 19.6 Å². The van der Waals surface area contributed by atoms with Gasteiger partial charge in [0.15, 0.2) is 5.03 Å². The lowest BCUT2D eigenvalue weighted by molar-refractivity contribution is 0.187. The van der Waals surface area contributed by atoms with Crippen LogP contribution in [0.15, 0.2) is 41.8 Å². The molecule has 0 saturated carbocycles. The molecule has 9 heteroatoms. The first kappa shape index (κ1) is 13.9. The first-order valence-electron chi connectivity index (χ1n) is 5.47. The third kappa shape index (κ3) is 3.26. The second-order valence-corrected chi connectivity index (χ2v) is 5.37. The van der Waals surface area contributed by atoms with Crippen LogP contribution in [0.2, 0.25) is 0 Å². The van der Waals surface area contributed by atoms with Crippen LogP contribution in [0.3, 0.4) is 0 Å². The van der Waals surface area contributed by atoms with E-state index in [2.05, 4.69) is 24.7 Å². The lowest BCUT2D eigenvalue weighted by Crippen LogP contribution is -2.14. The predicted octanol–water partition coefficient (Wildman–Crippen LogP) is 1.39. The van der Waals surface area contributed by atoms with E-state index in [1.54, 1.807) is 12.1 Å². The molecule has 0 saturated heterocycles. The van der Waals surface area contributed by atoms with Gasteiger partial charge in [0, 0.05) is 11.4 Å². The Morgan fingerprint density at radius 2 is 1.90 bits per heavy atom. The number of nitrogens with zero attached hydrogens (tertiary/aromatic N) is 1. The van der Waals surface area contributed by atoms with Crippen LogP contribution < -0.4 is 10.0 Å². The molecule has 2 aromatic rings. The summed E-state index contributed by atoms with van der Waals surface area (Å²) in [6.45, 7) is 0. The number of aromatic nitrogens is 2. The van der Waals surface area contributed by atoms with E-state index in [0.29, 0.717) is 11.4 Å². The fraction of sp³-hybridized carbons (Fsp3) is 0.0909. The Morgan fingerprint density at radius 3 is 2.45 bits per heavy atom. The fourth-order valence-electron chi connectivity index (χ4n) is 1.39. The van der Waals surface area contributed by atoms with Gasteiger partial charge >= 0.3 is 6.09 Å². The van der Waals surface area contributed by atoms with Gasteiger partial charge in [-0.05, 0) is 24.3 Å². The van der Waals surface area contributed by atoms with Gasteiger partial charge in [-0.3, -0.25) is 10.0 Å². The summed E-state index contributed by atoms with van der Waals surface area (Å²) in [6, 6.07) is 6.11. The molecule has 0 spiro atoms. The minimum Gasteiger partial charge on any atom is -0.453 e. The maximum atomic E-state index is 11.9. The van der Waals surface area contributed by atoms with E-state index in [1.807, 2.05) is 0 Å². The number of carbonyl (C=O) groups excluding carboxylic acids is 1. The van der Waals surface area contributed by atoms with E-state index in [1.165, 1.54) is 31.8 Å². The predicted molar refractivity (Wildman–Crippen MR) is 71.9 cm³/mol. The molecule has 106 valence electrons. The number of aromatic amines is 1. The molecule has 0 aliphatic heterocycles. The Hall–Kier alpha value is -2.55. The molecule has 20 heavy (non-hydrogen) atoms. The van der Waals surface area contributed by atoms with Gasteiger partial charge < -0.3 is 9.72 Å². The lowest BCUT2D eigenvalue weighted by atomic mass is 10.3. The minimum atomic E-state index is -3.69. The van der Waals surface area contributed by atoms with Gasteiger partial charge in [-0.2, -0.15) is 8.42 Å². The van der Waals surface area contributed by atoms with Crippen molar-refractivity contribution >= 4 is 27.5 Å². The number of methoxy groups -OCH3 is 1. The standard InChI is InChI=1S/C11H12N4O4S/c1-19-11(16)14-8-2-4-9(5-3-8)15-20(17,18)10-6-12-7-13-10/h2-7,15H,1H3,(H,12,13)(H,14,16). The third-order valence-electron chi connectivity index (χ3n) is 2.33. The van der Waals surface area contributed by atoms with Crippen LogP contribution in [0.4, 0.5) is 16.2 Å². The summed E-state index contributed by atoms with van der Waals surface area (Å²) in [5, 5.41) is 2.42. The molecule has 0 aliphatic carbocycles. The molecule has 1 heterocycles. The number of ether oxygens (including phenoxy) is 1. The average Bonchev–Trinajstić information content (AvgIpc) is 2.95. The van der Waals surface area contributed by atoms with E-state index in [4.69, 9.17) is 0 Å². The fourth-order valence-corrected chi connectivity index (χ4v) is 2.35. The van der Waals surface area contributed by atoms with Gasteiger partial charge in [0.1, 0.15) is 0 Å². The molecule has 1 aromatic heterocycles. The van der Waals surface area contributed by atoms with Crippen molar-refractivity contribution in [3.63, 3.8) is 0 Å². The maximum absolute atomic E-state index is 11.9. The van der Waals surface area contributed by atoms with Gasteiger partial charge in [-0.1, -0.05) is 0 Å². The molecule has 1 amide bonds. The number of nitrogens with one attached hydrogen (secondary N) is 3. The third-order valence-corrected chi connectivity index (χ3v) is 3.64. The Labute approximate surface area is 115 Å². The zero-order valence-corrected chi connectivity index (χ0v) is 11.3. The monoisotopic (exact) mass is 296 g/mol. The normalized spacial score (nSPS) is 10.8. The van der Waals surface area contributed by atoms with Crippen molar-refractivity contribution in [1.82, 2.24) is 9.97 Å². The number of sulfonamides is 1. The van der Waals surface area contributed by atoms with Crippen LogP contribution in [0.25, 0.3) is 0 Å². The highest BCUT2D eigenvalue weighted by molar-refractivity contribution is 7.92. The molecule has 2 rings (SSSR count). The van der Waals surface area contributed by atoms with Crippen LogP contribution in [0.5, 0.6) is 0 Å². The molecule has 0 radical (unpaired) electrons. The van der Waals surface area contributed by atoms with E-state index >= 15 is 0 Å². The Balaban J connectivity index is 2.10. The van der Waals surface area contributed by atoms with Crippen LogP contribution >= 0.6 is 0 Å². The van der Waals surface area contributed by atoms with Crippen molar-refractivity contribution in [3.05, 3.63) is 36.8 Å². The zero-order chi connectivity index (χ0) is 14.6. The lowest BCUT2D eigenvalue weighted by Gasteiger charge is -2.07. The molecular weight excluding hydrogens is 284 g/mol. The van der Waals surface area contributed by atoms with E-state index in [9.17, 15) is 13.2 Å². The minimum absolute atomic E-state index is 0.0331. The number of carbonyl (C=O) groups is 1. The molecule has 3 N–H and O–H groups in total. The van der Waals surface area contributed by atoms with Gasteiger partial charge in [-0.25, -0.2) is 9.78 Å². The van der Waals surface area contributed by atoms with Crippen molar-refractivity contribution in [2.75, 3.05) is 17.1 Å². The first-order chi connectivity index (χ1) is 9.51. The average molecular weight is 296 g/mol. The van der Waals surface area contributed by atoms with Crippen LogP contribution in [0, 0.1) is 0 Å². The number of anilines is 2. The van der Waals surface area contributed by atoms with Crippen molar-refractivity contribution in [2.45, 2.75) is 5.03 Å². The number of rotatable bonds is 4. The number of imidazole rings is 1. The van der Waals surface area contributed by atoms with Gasteiger partial charge in [0.25, 0.3) is 10.0 Å². The Kier molecular flexibility index (Phi) is 3.89. The summed E-state index contributed by atoms with van der Waals surface area (Å²) in [5.41, 5.74) is 0.844. The van der Waals surface area contributed by atoms with E-state index in [-0.39, 0.29) is 5.03 Å².